The molecule has 1 aliphatic rings. The van der Waals surface area contributed by atoms with Crippen molar-refractivity contribution >= 4 is 11.3 Å². The van der Waals surface area contributed by atoms with Crippen molar-refractivity contribution < 1.29 is 4.39 Å². The van der Waals surface area contributed by atoms with Gasteiger partial charge in [-0.2, -0.15) is 0 Å². The average molecular weight is 262 g/mol. The van der Waals surface area contributed by atoms with Gasteiger partial charge in [0.2, 0.25) is 0 Å². The first-order chi connectivity index (χ1) is 8.72. The maximum absolute atomic E-state index is 13.1. The lowest BCUT2D eigenvalue weighted by Gasteiger charge is -2.01. The Hall–Kier alpha value is -1.26. The van der Waals surface area contributed by atoms with Gasteiger partial charge in [0, 0.05) is 29.2 Å². The normalized spacial score (nSPS) is 15.0. The number of thiazole rings is 1. The van der Waals surface area contributed by atoms with E-state index in [0.29, 0.717) is 6.04 Å². The second kappa shape index (κ2) is 4.78. The van der Waals surface area contributed by atoms with Gasteiger partial charge in [-0.25, -0.2) is 9.37 Å². The summed E-state index contributed by atoms with van der Waals surface area (Å²) in [7, 11) is 0. The van der Waals surface area contributed by atoms with Crippen LogP contribution in [-0.4, -0.2) is 11.0 Å². The summed E-state index contributed by atoms with van der Waals surface area (Å²) in [4.78, 5) is 5.67. The first-order valence-corrected chi connectivity index (χ1v) is 6.98. The van der Waals surface area contributed by atoms with E-state index >= 15 is 0 Å². The molecule has 1 N–H and O–H groups in total. The Morgan fingerprint density at radius 3 is 3.00 bits per heavy atom. The van der Waals surface area contributed by atoms with Crippen LogP contribution < -0.4 is 5.32 Å². The number of nitrogens with one attached hydrogen (secondary N) is 1. The third-order valence-electron chi connectivity index (χ3n) is 3.11. The van der Waals surface area contributed by atoms with E-state index < -0.39 is 0 Å². The Morgan fingerprint density at radius 2 is 2.28 bits per heavy atom. The molecule has 18 heavy (non-hydrogen) atoms. The molecular weight excluding hydrogens is 247 g/mol. The van der Waals surface area contributed by atoms with Crippen LogP contribution in [0.25, 0.3) is 10.6 Å². The zero-order valence-corrected chi connectivity index (χ0v) is 11.1. The minimum atomic E-state index is -0.191. The SMILES string of the molecule is Cc1cc(F)ccc1-c1ncc(CNC2CC2)s1. The zero-order chi connectivity index (χ0) is 12.5. The summed E-state index contributed by atoms with van der Waals surface area (Å²) in [5, 5.41) is 4.44. The van der Waals surface area contributed by atoms with Crippen LogP contribution in [0.15, 0.2) is 24.4 Å². The van der Waals surface area contributed by atoms with Crippen LogP contribution in [0.1, 0.15) is 23.3 Å². The van der Waals surface area contributed by atoms with Crippen molar-refractivity contribution in [1.82, 2.24) is 10.3 Å². The Kier molecular flexibility index (Phi) is 3.14. The number of benzene rings is 1. The van der Waals surface area contributed by atoms with Gasteiger partial charge in [0.1, 0.15) is 10.8 Å². The Bertz CT molecular complexity index is 561. The van der Waals surface area contributed by atoms with Crippen LogP contribution in [0.4, 0.5) is 4.39 Å². The number of rotatable bonds is 4. The maximum Gasteiger partial charge on any atom is 0.123 e. The highest BCUT2D eigenvalue weighted by Crippen LogP contribution is 2.29. The van der Waals surface area contributed by atoms with Gasteiger partial charge in [-0.3, -0.25) is 0 Å². The molecule has 2 nitrogen and oxygen atoms in total. The van der Waals surface area contributed by atoms with Crippen LogP contribution in [0.2, 0.25) is 0 Å². The summed E-state index contributed by atoms with van der Waals surface area (Å²) < 4.78 is 13.1. The number of halogens is 1. The second-order valence-electron chi connectivity index (χ2n) is 4.75. The highest BCUT2D eigenvalue weighted by atomic mass is 32.1. The summed E-state index contributed by atoms with van der Waals surface area (Å²) in [6.45, 7) is 2.81. The molecule has 0 radical (unpaired) electrons. The zero-order valence-electron chi connectivity index (χ0n) is 10.2. The summed E-state index contributed by atoms with van der Waals surface area (Å²) in [5.74, 6) is -0.191. The van der Waals surface area contributed by atoms with E-state index in [-0.39, 0.29) is 5.82 Å². The third-order valence-corrected chi connectivity index (χ3v) is 4.15. The van der Waals surface area contributed by atoms with E-state index in [9.17, 15) is 4.39 Å². The van der Waals surface area contributed by atoms with Crippen molar-refractivity contribution in [2.24, 2.45) is 0 Å². The largest absolute Gasteiger partial charge is 0.309 e. The average Bonchev–Trinajstić information content (AvgIpc) is 3.05. The molecule has 0 aliphatic heterocycles. The van der Waals surface area contributed by atoms with Crippen molar-refractivity contribution in [2.75, 3.05) is 0 Å². The molecule has 0 spiro atoms. The van der Waals surface area contributed by atoms with Gasteiger partial charge in [0.05, 0.1) is 0 Å². The molecule has 1 saturated carbocycles. The predicted molar refractivity (Wildman–Crippen MR) is 72.1 cm³/mol. The van der Waals surface area contributed by atoms with E-state index in [2.05, 4.69) is 10.3 Å². The van der Waals surface area contributed by atoms with Crippen LogP contribution in [0, 0.1) is 12.7 Å². The molecule has 0 unspecified atom stereocenters. The highest BCUT2D eigenvalue weighted by Gasteiger charge is 2.20. The molecule has 1 aliphatic carbocycles. The molecule has 94 valence electrons. The maximum atomic E-state index is 13.1. The number of nitrogens with zero attached hydrogens (tertiary/aromatic N) is 1. The van der Waals surface area contributed by atoms with Crippen LogP contribution in [0.5, 0.6) is 0 Å². The van der Waals surface area contributed by atoms with Gasteiger partial charge >= 0.3 is 0 Å². The summed E-state index contributed by atoms with van der Waals surface area (Å²) >= 11 is 1.68. The first-order valence-electron chi connectivity index (χ1n) is 6.17. The van der Waals surface area contributed by atoms with E-state index in [0.717, 1.165) is 22.7 Å². The minimum Gasteiger partial charge on any atom is -0.309 e. The molecular formula is C14H15FN2S. The molecule has 0 amide bonds. The lowest BCUT2D eigenvalue weighted by molar-refractivity contribution is 0.627. The molecule has 0 bridgehead atoms. The smallest absolute Gasteiger partial charge is 0.123 e. The van der Waals surface area contributed by atoms with Gasteiger partial charge in [-0.15, -0.1) is 11.3 Å². The molecule has 3 rings (SSSR count). The number of hydrogen-bond acceptors (Lipinski definition) is 3. The Balaban J connectivity index is 1.78. The quantitative estimate of drug-likeness (QED) is 0.912. The lowest BCUT2D eigenvalue weighted by Crippen LogP contribution is -2.14. The van der Waals surface area contributed by atoms with Crippen molar-refractivity contribution in [3.63, 3.8) is 0 Å². The van der Waals surface area contributed by atoms with Crippen molar-refractivity contribution in [1.29, 1.82) is 0 Å². The van der Waals surface area contributed by atoms with E-state index in [1.807, 2.05) is 19.2 Å². The molecule has 1 heterocycles. The highest BCUT2D eigenvalue weighted by molar-refractivity contribution is 7.15. The first kappa shape index (κ1) is 11.8. The minimum absolute atomic E-state index is 0.191. The van der Waals surface area contributed by atoms with Gasteiger partial charge in [-0.05, 0) is 43.5 Å². The summed E-state index contributed by atoms with van der Waals surface area (Å²) in [6, 6.07) is 5.56. The number of hydrogen-bond donors (Lipinski definition) is 1. The van der Waals surface area contributed by atoms with E-state index in [1.54, 1.807) is 17.4 Å². The fourth-order valence-corrected chi connectivity index (χ4v) is 2.87. The van der Waals surface area contributed by atoms with Gasteiger partial charge in [-0.1, -0.05) is 0 Å². The van der Waals surface area contributed by atoms with E-state index in [1.165, 1.54) is 23.8 Å². The second-order valence-corrected chi connectivity index (χ2v) is 5.86. The van der Waals surface area contributed by atoms with Gasteiger partial charge < -0.3 is 5.32 Å². The molecule has 1 aromatic heterocycles. The fraction of sp³-hybridized carbons (Fsp3) is 0.357. The molecule has 2 aromatic rings. The topological polar surface area (TPSA) is 24.9 Å². The lowest BCUT2D eigenvalue weighted by atomic mass is 10.1. The molecule has 4 heteroatoms. The van der Waals surface area contributed by atoms with Gasteiger partial charge in [0.15, 0.2) is 0 Å². The van der Waals surface area contributed by atoms with Crippen molar-refractivity contribution in [3.8, 4) is 10.6 Å². The third kappa shape index (κ3) is 2.60. The van der Waals surface area contributed by atoms with Crippen LogP contribution in [0.3, 0.4) is 0 Å². The van der Waals surface area contributed by atoms with Crippen molar-refractivity contribution in [3.05, 3.63) is 40.7 Å². The predicted octanol–water partition coefficient (Wildman–Crippen LogP) is 3.51. The Morgan fingerprint density at radius 1 is 1.44 bits per heavy atom. The molecule has 1 aromatic carbocycles. The molecule has 1 fully saturated rings. The Labute approximate surface area is 110 Å². The monoisotopic (exact) mass is 262 g/mol. The van der Waals surface area contributed by atoms with Crippen LogP contribution in [-0.2, 0) is 6.54 Å². The van der Waals surface area contributed by atoms with Gasteiger partial charge in [0.25, 0.3) is 0 Å². The number of aromatic nitrogens is 1. The summed E-state index contributed by atoms with van der Waals surface area (Å²) in [5.41, 5.74) is 1.96. The van der Waals surface area contributed by atoms with Crippen LogP contribution >= 0.6 is 11.3 Å². The van der Waals surface area contributed by atoms with Crippen molar-refractivity contribution in [2.45, 2.75) is 32.4 Å². The molecule has 0 saturated heterocycles. The number of aryl methyl sites for hydroxylation is 1. The molecule has 0 atom stereocenters. The standard InChI is InChI=1S/C14H15FN2S/c1-9-6-10(15)2-5-13(9)14-17-8-12(18-14)7-16-11-3-4-11/h2,5-6,8,11,16H,3-4,7H2,1H3. The summed E-state index contributed by atoms with van der Waals surface area (Å²) in [6.07, 6.45) is 4.50. The fourth-order valence-electron chi connectivity index (χ4n) is 1.91. The van der Waals surface area contributed by atoms with E-state index in [4.69, 9.17) is 0 Å².